The molecule has 2 rings (SSSR count). The third-order valence-corrected chi connectivity index (χ3v) is 2.94. The van der Waals surface area contributed by atoms with Crippen LogP contribution in [-0.2, 0) is 4.74 Å². The quantitative estimate of drug-likeness (QED) is 0.851. The minimum absolute atomic E-state index is 0.228. The second kappa shape index (κ2) is 5.75. The van der Waals surface area contributed by atoms with Gasteiger partial charge in [0.15, 0.2) is 0 Å². The van der Waals surface area contributed by atoms with E-state index in [0.717, 1.165) is 0 Å². The van der Waals surface area contributed by atoms with Crippen molar-refractivity contribution in [3.63, 3.8) is 0 Å². The molecular weight excluding hydrogens is 282 g/mol. The maximum atomic E-state index is 12.1. The number of aromatic nitrogens is 2. The van der Waals surface area contributed by atoms with Gasteiger partial charge in [0.1, 0.15) is 0 Å². The van der Waals surface area contributed by atoms with Crippen LogP contribution in [0.2, 0.25) is 5.02 Å². The summed E-state index contributed by atoms with van der Waals surface area (Å²) in [5.41, 5.74) is 1.53. The van der Waals surface area contributed by atoms with Crippen molar-refractivity contribution in [1.82, 2.24) is 10.2 Å². The summed E-state index contributed by atoms with van der Waals surface area (Å²) in [6.45, 7) is 1.72. The Morgan fingerprint density at radius 1 is 1.35 bits per heavy atom. The van der Waals surface area contributed by atoms with E-state index in [4.69, 9.17) is 11.6 Å². The van der Waals surface area contributed by atoms with Crippen molar-refractivity contribution in [3.8, 4) is 0 Å². The number of halogens is 1. The number of anilines is 1. The predicted molar refractivity (Wildman–Crippen MR) is 74.1 cm³/mol. The molecule has 104 valence electrons. The first-order valence-corrected chi connectivity index (χ1v) is 6.10. The Hall–Kier alpha value is -2.34. The number of H-pyrrole nitrogens is 1. The molecule has 0 saturated heterocycles. The smallest absolute Gasteiger partial charge is 0.339 e. The number of nitrogens with zero attached hydrogens (tertiary/aromatic N) is 1. The molecule has 0 spiro atoms. The molecule has 1 heterocycles. The Kier molecular flexibility index (Phi) is 4.05. The zero-order chi connectivity index (χ0) is 14.7. The molecule has 6 nitrogen and oxygen atoms in total. The van der Waals surface area contributed by atoms with Gasteiger partial charge in [-0.1, -0.05) is 11.6 Å². The lowest BCUT2D eigenvalue weighted by Gasteiger charge is -2.10. The SMILES string of the molecule is COC(=O)c1ccc(Cl)cc1NC(=O)c1cn[nH]c1C. The minimum Gasteiger partial charge on any atom is -0.465 e. The molecule has 20 heavy (non-hydrogen) atoms. The molecule has 0 aliphatic carbocycles. The van der Waals surface area contributed by atoms with Crippen molar-refractivity contribution >= 4 is 29.2 Å². The molecule has 2 N–H and O–H groups in total. The van der Waals surface area contributed by atoms with Gasteiger partial charge in [-0.2, -0.15) is 5.10 Å². The van der Waals surface area contributed by atoms with E-state index in [-0.39, 0.29) is 17.2 Å². The van der Waals surface area contributed by atoms with E-state index in [2.05, 4.69) is 20.3 Å². The molecule has 0 saturated carbocycles. The monoisotopic (exact) mass is 293 g/mol. The highest BCUT2D eigenvalue weighted by Gasteiger charge is 2.17. The van der Waals surface area contributed by atoms with Crippen LogP contribution in [0.3, 0.4) is 0 Å². The second-order valence-electron chi connectivity index (χ2n) is 4.04. The van der Waals surface area contributed by atoms with Gasteiger partial charge in [0.2, 0.25) is 0 Å². The number of benzene rings is 1. The van der Waals surface area contributed by atoms with E-state index in [1.807, 2.05) is 0 Å². The summed E-state index contributed by atoms with van der Waals surface area (Å²) in [5.74, 6) is -0.940. The Bertz CT molecular complexity index is 667. The molecule has 0 aliphatic rings. The van der Waals surface area contributed by atoms with E-state index >= 15 is 0 Å². The number of ether oxygens (including phenoxy) is 1. The fourth-order valence-corrected chi connectivity index (χ4v) is 1.85. The highest BCUT2D eigenvalue weighted by atomic mass is 35.5. The van der Waals surface area contributed by atoms with Crippen LogP contribution >= 0.6 is 11.6 Å². The van der Waals surface area contributed by atoms with Crippen LogP contribution in [0.4, 0.5) is 5.69 Å². The molecule has 7 heteroatoms. The fraction of sp³-hybridized carbons (Fsp3) is 0.154. The molecule has 2 aromatic rings. The number of carbonyl (C=O) groups excluding carboxylic acids is 2. The summed E-state index contributed by atoms with van der Waals surface area (Å²) < 4.78 is 4.66. The number of amides is 1. The predicted octanol–water partition coefficient (Wildman–Crippen LogP) is 2.41. The Morgan fingerprint density at radius 2 is 2.10 bits per heavy atom. The number of hydrogen-bond donors (Lipinski definition) is 2. The third-order valence-electron chi connectivity index (χ3n) is 2.71. The van der Waals surface area contributed by atoms with Gasteiger partial charge in [0, 0.05) is 10.7 Å². The van der Waals surface area contributed by atoms with E-state index < -0.39 is 5.97 Å². The van der Waals surface area contributed by atoms with Gasteiger partial charge < -0.3 is 10.1 Å². The van der Waals surface area contributed by atoms with Gasteiger partial charge in [-0.3, -0.25) is 9.89 Å². The summed E-state index contributed by atoms with van der Waals surface area (Å²) in [7, 11) is 1.27. The highest BCUT2D eigenvalue weighted by molar-refractivity contribution is 6.31. The number of rotatable bonds is 3. The Morgan fingerprint density at radius 3 is 2.70 bits per heavy atom. The maximum absolute atomic E-state index is 12.1. The molecule has 0 unspecified atom stereocenters. The summed E-state index contributed by atoms with van der Waals surface area (Å²) in [5, 5.41) is 9.46. The van der Waals surface area contributed by atoms with Gasteiger partial charge in [-0.15, -0.1) is 0 Å². The second-order valence-corrected chi connectivity index (χ2v) is 4.48. The van der Waals surface area contributed by atoms with Crippen molar-refractivity contribution in [2.75, 3.05) is 12.4 Å². The van der Waals surface area contributed by atoms with Crippen LogP contribution in [0.15, 0.2) is 24.4 Å². The van der Waals surface area contributed by atoms with Crippen LogP contribution < -0.4 is 5.32 Å². The highest BCUT2D eigenvalue weighted by Crippen LogP contribution is 2.22. The lowest BCUT2D eigenvalue weighted by atomic mass is 10.1. The summed E-state index contributed by atoms with van der Waals surface area (Å²) in [6, 6.07) is 4.53. The van der Waals surface area contributed by atoms with Gasteiger partial charge >= 0.3 is 5.97 Å². The van der Waals surface area contributed by atoms with Crippen molar-refractivity contribution in [2.45, 2.75) is 6.92 Å². The first-order valence-electron chi connectivity index (χ1n) is 5.72. The molecule has 0 fully saturated rings. The average molecular weight is 294 g/mol. The standard InChI is InChI=1S/C13H12ClN3O3/c1-7-10(6-15-17-7)12(18)16-11-5-8(14)3-4-9(11)13(19)20-2/h3-6H,1-2H3,(H,15,17)(H,16,18). The van der Waals surface area contributed by atoms with Crippen LogP contribution in [-0.4, -0.2) is 29.2 Å². The molecular formula is C13H12ClN3O3. The van der Waals surface area contributed by atoms with Crippen molar-refractivity contribution in [3.05, 3.63) is 46.2 Å². The largest absolute Gasteiger partial charge is 0.465 e. The topological polar surface area (TPSA) is 84.1 Å². The van der Waals surface area contributed by atoms with Gasteiger partial charge in [0.05, 0.1) is 30.1 Å². The average Bonchev–Trinajstić information content (AvgIpc) is 2.84. The number of carbonyl (C=O) groups is 2. The summed E-state index contributed by atoms with van der Waals surface area (Å²) in [4.78, 5) is 23.7. The molecule has 1 aromatic heterocycles. The van der Waals surface area contributed by atoms with Crippen LogP contribution in [0, 0.1) is 6.92 Å². The lowest BCUT2D eigenvalue weighted by molar-refractivity contribution is 0.0602. The Balaban J connectivity index is 2.33. The normalized spacial score (nSPS) is 10.2. The molecule has 0 aliphatic heterocycles. The van der Waals surface area contributed by atoms with Gasteiger partial charge in [-0.05, 0) is 25.1 Å². The van der Waals surface area contributed by atoms with Crippen LogP contribution in [0.1, 0.15) is 26.4 Å². The van der Waals surface area contributed by atoms with Crippen molar-refractivity contribution < 1.29 is 14.3 Å². The van der Waals surface area contributed by atoms with Gasteiger partial charge in [-0.25, -0.2) is 4.79 Å². The Labute approximate surface area is 120 Å². The van der Waals surface area contributed by atoms with Crippen LogP contribution in [0.5, 0.6) is 0 Å². The van der Waals surface area contributed by atoms with E-state index in [9.17, 15) is 9.59 Å². The molecule has 1 amide bonds. The third kappa shape index (κ3) is 2.80. The molecule has 0 atom stereocenters. The maximum Gasteiger partial charge on any atom is 0.339 e. The van der Waals surface area contributed by atoms with E-state index in [0.29, 0.717) is 16.3 Å². The molecule has 0 bridgehead atoms. The van der Waals surface area contributed by atoms with Gasteiger partial charge in [0.25, 0.3) is 5.91 Å². The fourth-order valence-electron chi connectivity index (χ4n) is 1.68. The number of esters is 1. The minimum atomic E-state index is -0.555. The number of aryl methyl sites for hydroxylation is 1. The number of aromatic amines is 1. The van der Waals surface area contributed by atoms with E-state index in [1.54, 1.807) is 13.0 Å². The molecule has 1 aromatic carbocycles. The van der Waals surface area contributed by atoms with Crippen LogP contribution in [0.25, 0.3) is 0 Å². The first kappa shape index (κ1) is 14.1. The van der Waals surface area contributed by atoms with E-state index in [1.165, 1.54) is 25.4 Å². The van der Waals surface area contributed by atoms with Crippen molar-refractivity contribution in [2.24, 2.45) is 0 Å². The number of hydrogen-bond acceptors (Lipinski definition) is 4. The zero-order valence-electron chi connectivity index (χ0n) is 10.9. The molecule has 0 radical (unpaired) electrons. The lowest BCUT2D eigenvalue weighted by Crippen LogP contribution is -2.15. The van der Waals surface area contributed by atoms with Crippen molar-refractivity contribution in [1.29, 1.82) is 0 Å². The summed E-state index contributed by atoms with van der Waals surface area (Å²) >= 11 is 5.88. The number of nitrogens with one attached hydrogen (secondary N) is 2. The summed E-state index contributed by atoms with van der Waals surface area (Å²) in [6.07, 6.45) is 1.41. The first-order chi connectivity index (χ1) is 9.52. The zero-order valence-corrected chi connectivity index (χ0v) is 11.6. The number of methoxy groups -OCH3 is 1.